The Kier molecular flexibility index (Phi) is 2.76. The highest BCUT2D eigenvalue weighted by Crippen LogP contribution is 2.15. The number of aromatic hydroxyl groups is 1. The number of nitrogens with zero attached hydrogens (tertiary/aromatic N) is 2. The van der Waals surface area contributed by atoms with Crippen LogP contribution in [0.5, 0.6) is 5.75 Å². The van der Waals surface area contributed by atoms with Crippen molar-refractivity contribution >= 4 is 10.9 Å². The maximum Gasteiger partial charge on any atom is 0.261 e. The second kappa shape index (κ2) is 4.42. The normalized spacial score (nSPS) is 19.4. The average molecular weight is 245 g/mol. The predicted molar refractivity (Wildman–Crippen MR) is 68.6 cm³/mol. The zero-order valence-electron chi connectivity index (χ0n) is 9.97. The maximum absolute atomic E-state index is 12.2. The highest BCUT2D eigenvalue weighted by Gasteiger charge is 2.16. The summed E-state index contributed by atoms with van der Waals surface area (Å²) in [4.78, 5) is 16.5. The predicted octanol–water partition coefficient (Wildman–Crippen LogP) is 0.712. The number of phenolic OH excluding ortho intramolecular Hbond substituents is 1. The third-order valence-corrected chi connectivity index (χ3v) is 3.43. The number of phenols is 1. The van der Waals surface area contributed by atoms with Crippen molar-refractivity contribution in [3.8, 4) is 5.75 Å². The maximum atomic E-state index is 12.2. The van der Waals surface area contributed by atoms with E-state index in [1.165, 1.54) is 12.1 Å². The van der Waals surface area contributed by atoms with E-state index in [4.69, 9.17) is 0 Å². The summed E-state index contributed by atoms with van der Waals surface area (Å²) in [7, 11) is 0. The lowest BCUT2D eigenvalue weighted by molar-refractivity contribution is 0.469. The van der Waals surface area contributed by atoms with Crippen LogP contribution < -0.4 is 10.9 Å². The van der Waals surface area contributed by atoms with Crippen LogP contribution in [0.1, 0.15) is 6.42 Å². The minimum absolute atomic E-state index is 0.0353. The van der Waals surface area contributed by atoms with Crippen LogP contribution in [-0.4, -0.2) is 27.7 Å². The van der Waals surface area contributed by atoms with Crippen molar-refractivity contribution in [1.29, 1.82) is 0 Å². The molecule has 0 radical (unpaired) electrons. The first kappa shape index (κ1) is 11.2. The summed E-state index contributed by atoms with van der Waals surface area (Å²) < 4.78 is 1.66. The van der Waals surface area contributed by atoms with Crippen LogP contribution in [0.15, 0.2) is 29.3 Å². The summed E-state index contributed by atoms with van der Waals surface area (Å²) in [5, 5.41) is 13.2. The summed E-state index contributed by atoms with van der Waals surface area (Å²) in [6.07, 6.45) is 2.67. The molecule has 18 heavy (non-hydrogen) atoms. The molecule has 0 amide bonds. The fourth-order valence-electron chi connectivity index (χ4n) is 2.43. The van der Waals surface area contributed by atoms with Crippen molar-refractivity contribution in [1.82, 2.24) is 14.9 Å². The molecule has 1 atom stereocenters. The molecule has 0 aliphatic carbocycles. The summed E-state index contributed by atoms with van der Waals surface area (Å²) in [5.41, 5.74) is 0.507. The molecule has 0 saturated carbocycles. The zero-order valence-corrected chi connectivity index (χ0v) is 9.97. The number of benzene rings is 1. The minimum atomic E-state index is -0.0353. The lowest BCUT2D eigenvalue weighted by Crippen LogP contribution is -2.25. The molecule has 0 spiro atoms. The third-order valence-electron chi connectivity index (χ3n) is 3.43. The van der Waals surface area contributed by atoms with E-state index in [0.717, 1.165) is 19.5 Å². The van der Waals surface area contributed by atoms with Crippen molar-refractivity contribution in [3.63, 3.8) is 0 Å². The molecule has 1 unspecified atom stereocenters. The van der Waals surface area contributed by atoms with Gasteiger partial charge >= 0.3 is 0 Å². The molecule has 94 valence electrons. The van der Waals surface area contributed by atoms with E-state index >= 15 is 0 Å². The van der Waals surface area contributed by atoms with Gasteiger partial charge in [0.1, 0.15) is 5.75 Å². The smallest absolute Gasteiger partial charge is 0.261 e. The van der Waals surface area contributed by atoms with E-state index < -0.39 is 0 Å². The molecule has 1 aromatic carbocycles. The van der Waals surface area contributed by atoms with E-state index in [2.05, 4.69) is 10.3 Å². The first-order chi connectivity index (χ1) is 8.74. The Morgan fingerprint density at radius 2 is 2.39 bits per heavy atom. The Bertz CT molecular complexity index is 630. The molecule has 1 saturated heterocycles. The Labute approximate surface area is 104 Å². The highest BCUT2D eigenvalue weighted by atomic mass is 16.3. The van der Waals surface area contributed by atoms with Crippen molar-refractivity contribution in [2.24, 2.45) is 5.92 Å². The van der Waals surface area contributed by atoms with Gasteiger partial charge in [-0.25, -0.2) is 4.98 Å². The fraction of sp³-hybridized carbons (Fsp3) is 0.385. The van der Waals surface area contributed by atoms with Crippen LogP contribution in [0.25, 0.3) is 10.9 Å². The number of hydrogen-bond acceptors (Lipinski definition) is 4. The van der Waals surface area contributed by atoms with Gasteiger partial charge in [0.15, 0.2) is 0 Å². The Hall–Kier alpha value is -1.88. The van der Waals surface area contributed by atoms with E-state index in [0.29, 0.717) is 23.4 Å². The fourth-order valence-corrected chi connectivity index (χ4v) is 2.43. The number of fused-ring (bicyclic) bond motifs is 1. The lowest BCUT2D eigenvalue weighted by Gasteiger charge is -2.11. The second-order valence-corrected chi connectivity index (χ2v) is 4.76. The van der Waals surface area contributed by atoms with Gasteiger partial charge in [0.25, 0.3) is 5.56 Å². The molecule has 1 aliphatic heterocycles. The van der Waals surface area contributed by atoms with Gasteiger partial charge in [-0.15, -0.1) is 0 Å². The van der Waals surface area contributed by atoms with Crippen LogP contribution in [0.3, 0.4) is 0 Å². The van der Waals surface area contributed by atoms with Crippen LogP contribution in [0, 0.1) is 5.92 Å². The van der Waals surface area contributed by atoms with Crippen molar-refractivity contribution in [2.45, 2.75) is 13.0 Å². The second-order valence-electron chi connectivity index (χ2n) is 4.76. The number of aromatic nitrogens is 2. The molecule has 5 nitrogen and oxygen atoms in total. The molecule has 2 aromatic rings. The molecule has 1 aliphatic rings. The van der Waals surface area contributed by atoms with Crippen LogP contribution in [-0.2, 0) is 6.54 Å². The van der Waals surface area contributed by atoms with Gasteiger partial charge in [-0.05, 0) is 37.6 Å². The highest BCUT2D eigenvalue weighted by molar-refractivity contribution is 5.78. The Morgan fingerprint density at radius 3 is 3.17 bits per heavy atom. The van der Waals surface area contributed by atoms with E-state index in [1.807, 2.05) is 0 Å². The first-order valence-electron chi connectivity index (χ1n) is 6.13. The zero-order chi connectivity index (χ0) is 12.5. The largest absolute Gasteiger partial charge is 0.508 e. The van der Waals surface area contributed by atoms with Gasteiger partial charge in [0, 0.05) is 12.6 Å². The van der Waals surface area contributed by atoms with Gasteiger partial charge in [0.2, 0.25) is 0 Å². The molecule has 1 aromatic heterocycles. The molecule has 2 heterocycles. The SMILES string of the molecule is O=c1c2ccc(O)cc2ncn1CC1CCNC1. The number of nitrogens with one attached hydrogen (secondary N) is 1. The van der Waals surface area contributed by atoms with Gasteiger partial charge in [0.05, 0.1) is 17.2 Å². The van der Waals surface area contributed by atoms with Crippen LogP contribution in [0.4, 0.5) is 0 Å². The molecular formula is C13H15N3O2. The molecule has 2 N–H and O–H groups in total. The third kappa shape index (κ3) is 1.97. The molecule has 1 fully saturated rings. The summed E-state index contributed by atoms with van der Waals surface area (Å²) >= 11 is 0. The van der Waals surface area contributed by atoms with Gasteiger partial charge < -0.3 is 10.4 Å². The number of hydrogen-bond donors (Lipinski definition) is 2. The van der Waals surface area contributed by atoms with Crippen molar-refractivity contribution in [3.05, 3.63) is 34.9 Å². The lowest BCUT2D eigenvalue weighted by atomic mass is 10.1. The van der Waals surface area contributed by atoms with Crippen molar-refractivity contribution in [2.75, 3.05) is 13.1 Å². The van der Waals surface area contributed by atoms with E-state index in [1.54, 1.807) is 17.0 Å². The topological polar surface area (TPSA) is 67.1 Å². The van der Waals surface area contributed by atoms with Gasteiger partial charge in [-0.2, -0.15) is 0 Å². The van der Waals surface area contributed by atoms with E-state index in [-0.39, 0.29) is 11.3 Å². The Balaban J connectivity index is 2.00. The standard InChI is InChI=1S/C13H15N3O2/c17-10-1-2-11-12(5-10)15-8-16(13(11)18)7-9-3-4-14-6-9/h1-2,5,8-9,14,17H,3-4,6-7H2. The van der Waals surface area contributed by atoms with E-state index in [9.17, 15) is 9.90 Å². The monoisotopic (exact) mass is 245 g/mol. The summed E-state index contributed by atoms with van der Waals surface area (Å²) in [6, 6.07) is 4.66. The van der Waals surface area contributed by atoms with Crippen LogP contribution >= 0.6 is 0 Å². The Morgan fingerprint density at radius 1 is 1.50 bits per heavy atom. The average Bonchev–Trinajstić information content (AvgIpc) is 2.85. The molecular weight excluding hydrogens is 230 g/mol. The number of rotatable bonds is 2. The van der Waals surface area contributed by atoms with Crippen LogP contribution in [0.2, 0.25) is 0 Å². The summed E-state index contributed by atoms with van der Waals surface area (Å²) in [6.45, 7) is 2.68. The molecule has 0 bridgehead atoms. The molecule has 5 heteroatoms. The van der Waals surface area contributed by atoms with Gasteiger partial charge in [-0.1, -0.05) is 0 Å². The van der Waals surface area contributed by atoms with Gasteiger partial charge in [-0.3, -0.25) is 9.36 Å². The van der Waals surface area contributed by atoms with Crippen molar-refractivity contribution < 1.29 is 5.11 Å². The minimum Gasteiger partial charge on any atom is -0.508 e. The summed E-state index contributed by atoms with van der Waals surface area (Å²) in [5.74, 6) is 0.631. The molecule has 3 rings (SSSR count). The first-order valence-corrected chi connectivity index (χ1v) is 6.13. The quantitative estimate of drug-likeness (QED) is 0.817.